The minimum absolute atomic E-state index is 0.231. The highest BCUT2D eigenvalue weighted by Gasteiger charge is 2.18. The molecule has 0 aliphatic carbocycles. The molecule has 1 amide bonds. The molecule has 35 heavy (non-hydrogen) atoms. The molecule has 0 fully saturated rings. The molecule has 0 bridgehead atoms. The predicted octanol–water partition coefficient (Wildman–Crippen LogP) is 6.53. The Hall–Kier alpha value is -3.55. The number of nitrogens with one attached hydrogen (secondary N) is 1. The van der Waals surface area contributed by atoms with Crippen molar-refractivity contribution in [3.63, 3.8) is 0 Å². The quantitative estimate of drug-likeness (QED) is 0.247. The van der Waals surface area contributed by atoms with Gasteiger partial charge in [-0.25, -0.2) is 4.63 Å². The van der Waals surface area contributed by atoms with Gasteiger partial charge in [0.15, 0.2) is 17.2 Å². The molecule has 8 nitrogen and oxygen atoms in total. The summed E-state index contributed by atoms with van der Waals surface area (Å²) in [6, 6.07) is 12.5. The summed E-state index contributed by atoms with van der Waals surface area (Å²) in [5.41, 5.74) is 1.59. The average Bonchev–Trinajstić information content (AvgIpc) is 3.34. The molecule has 2 aromatic carbocycles. The lowest BCUT2D eigenvalue weighted by molar-refractivity contribution is 0.102. The standard InChI is InChI=1S/C27H35N3O5/c1-4-7-8-9-18-32-22-13-10-20(11-14-22)27(31)28-26-25(29-35-30-26)21-12-15-23(33-16-5-2)24(19-21)34-17-6-3/h10-15,19H,4-9,16-18H2,1-3H3,(H,28,30,31). The highest BCUT2D eigenvalue weighted by Crippen LogP contribution is 2.34. The van der Waals surface area contributed by atoms with Crippen molar-refractivity contribution < 1.29 is 23.6 Å². The average molecular weight is 482 g/mol. The lowest BCUT2D eigenvalue weighted by Crippen LogP contribution is -2.13. The van der Waals surface area contributed by atoms with Gasteiger partial charge in [-0.15, -0.1) is 0 Å². The molecule has 0 radical (unpaired) electrons. The molecule has 0 unspecified atom stereocenters. The number of hydrogen-bond donors (Lipinski definition) is 1. The maximum absolute atomic E-state index is 12.8. The van der Waals surface area contributed by atoms with E-state index in [1.807, 2.05) is 32.0 Å². The Morgan fingerprint density at radius 2 is 1.54 bits per heavy atom. The third-order valence-corrected chi connectivity index (χ3v) is 5.24. The van der Waals surface area contributed by atoms with Gasteiger partial charge in [0, 0.05) is 11.1 Å². The summed E-state index contributed by atoms with van der Waals surface area (Å²) in [5, 5.41) is 10.7. The molecule has 0 aliphatic heterocycles. The zero-order chi connectivity index (χ0) is 24.9. The minimum atomic E-state index is -0.318. The van der Waals surface area contributed by atoms with Crippen molar-refractivity contribution in [2.45, 2.75) is 59.3 Å². The monoisotopic (exact) mass is 481 g/mol. The summed E-state index contributed by atoms with van der Waals surface area (Å²) in [5.74, 6) is 1.94. The molecule has 3 aromatic rings. The maximum atomic E-state index is 12.8. The molecular formula is C27H35N3O5. The van der Waals surface area contributed by atoms with Crippen LogP contribution >= 0.6 is 0 Å². The Bertz CT molecular complexity index is 1050. The largest absolute Gasteiger partial charge is 0.494 e. The number of amides is 1. The van der Waals surface area contributed by atoms with E-state index in [1.54, 1.807) is 24.3 Å². The van der Waals surface area contributed by atoms with Gasteiger partial charge in [0.1, 0.15) is 5.75 Å². The summed E-state index contributed by atoms with van der Waals surface area (Å²) in [4.78, 5) is 12.8. The van der Waals surface area contributed by atoms with Crippen molar-refractivity contribution in [1.29, 1.82) is 0 Å². The van der Waals surface area contributed by atoms with Gasteiger partial charge < -0.3 is 19.5 Å². The van der Waals surface area contributed by atoms with Gasteiger partial charge in [-0.3, -0.25) is 4.79 Å². The number of carbonyl (C=O) groups excluding carboxylic acids is 1. The summed E-state index contributed by atoms with van der Waals surface area (Å²) >= 11 is 0. The molecule has 0 atom stereocenters. The molecule has 3 rings (SSSR count). The van der Waals surface area contributed by atoms with E-state index in [-0.39, 0.29) is 11.7 Å². The van der Waals surface area contributed by atoms with E-state index in [2.05, 4.69) is 22.6 Å². The maximum Gasteiger partial charge on any atom is 0.256 e. The number of nitrogens with zero attached hydrogens (tertiary/aromatic N) is 2. The highest BCUT2D eigenvalue weighted by molar-refractivity contribution is 6.05. The summed E-state index contributed by atoms with van der Waals surface area (Å²) < 4.78 is 22.4. The predicted molar refractivity (Wildman–Crippen MR) is 135 cm³/mol. The van der Waals surface area contributed by atoms with Crippen molar-refractivity contribution in [3.8, 4) is 28.5 Å². The number of ether oxygens (including phenoxy) is 3. The molecular weight excluding hydrogens is 446 g/mol. The van der Waals surface area contributed by atoms with Crippen molar-refractivity contribution in [1.82, 2.24) is 10.3 Å². The van der Waals surface area contributed by atoms with Gasteiger partial charge in [-0.2, -0.15) is 0 Å². The second-order valence-corrected chi connectivity index (χ2v) is 8.21. The van der Waals surface area contributed by atoms with Crippen molar-refractivity contribution in [2.75, 3.05) is 25.1 Å². The third kappa shape index (κ3) is 7.73. The first-order valence-electron chi connectivity index (χ1n) is 12.4. The molecule has 0 saturated carbocycles. The molecule has 1 aromatic heterocycles. The summed E-state index contributed by atoms with van der Waals surface area (Å²) in [6.45, 7) is 8.10. The van der Waals surface area contributed by atoms with E-state index >= 15 is 0 Å². The number of rotatable bonds is 15. The van der Waals surface area contributed by atoms with Crippen LogP contribution in [0.15, 0.2) is 47.1 Å². The minimum Gasteiger partial charge on any atom is -0.494 e. The fraction of sp³-hybridized carbons (Fsp3) is 0.444. The molecule has 188 valence electrons. The number of anilines is 1. The first-order chi connectivity index (χ1) is 17.2. The molecule has 1 heterocycles. The van der Waals surface area contributed by atoms with E-state index < -0.39 is 0 Å². The van der Waals surface area contributed by atoms with Gasteiger partial charge in [0.2, 0.25) is 5.82 Å². The van der Waals surface area contributed by atoms with Gasteiger partial charge >= 0.3 is 0 Å². The Morgan fingerprint density at radius 1 is 0.800 bits per heavy atom. The van der Waals surface area contributed by atoms with E-state index in [0.717, 1.165) is 31.4 Å². The van der Waals surface area contributed by atoms with Crippen LogP contribution < -0.4 is 19.5 Å². The van der Waals surface area contributed by atoms with Crippen LogP contribution in [-0.4, -0.2) is 36.0 Å². The summed E-state index contributed by atoms with van der Waals surface area (Å²) in [7, 11) is 0. The van der Waals surface area contributed by atoms with E-state index in [4.69, 9.17) is 18.8 Å². The lowest BCUT2D eigenvalue weighted by atomic mass is 10.1. The Balaban J connectivity index is 1.67. The zero-order valence-electron chi connectivity index (χ0n) is 20.8. The SMILES string of the molecule is CCCCCCOc1ccc(C(=O)Nc2nonc2-c2ccc(OCCC)c(OCCC)c2)cc1. The second-order valence-electron chi connectivity index (χ2n) is 8.21. The van der Waals surface area contributed by atoms with E-state index in [9.17, 15) is 4.79 Å². The Kier molecular flexibility index (Phi) is 10.4. The fourth-order valence-electron chi connectivity index (χ4n) is 3.37. The third-order valence-electron chi connectivity index (χ3n) is 5.24. The van der Waals surface area contributed by atoms with Crippen molar-refractivity contribution in [2.24, 2.45) is 0 Å². The Morgan fingerprint density at radius 3 is 2.26 bits per heavy atom. The van der Waals surface area contributed by atoms with Crippen molar-refractivity contribution in [3.05, 3.63) is 48.0 Å². The molecule has 0 saturated heterocycles. The summed E-state index contributed by atoms with van der Waals surface area (Å²) in [6.07, 6.45) is 6.35. The van der Waals surface area contributed by atoms with Crippen LogP contribution in [0.5, 0.6) is 17.2 Å². The number of benzene rings is 2. The molecule has 8 heteroatoms. The molecule has 0 spiro atoms. The number of unbranched alkanes of at least 4 members (excludes halogenated alkanes) is 3. The van der Waals surface area contributed by atoms with Crippen LogP contribution in [0.25, 0.3) is 11.3 Å². The van der Waals surface area contributed by atoms with Crippen LogP contribution in [0.4, 0.5) is 5.82 Å². The van der Waals surface area contributed by atoms with Gasteiger partial charge in [0.05, 0.1) is 19.8 Å². The topological polar surface area (TPSA) is 95.7 Å². The first kappa shape index (κ1) is 26.1. The van der Waals surface area contributed by atoms with Gasteiger partial charge in [-0.05, 0) is 72.0 Å². The second kappa shape index (κ2) is 14.0. The van der Waals surface area contributed by atoms with Crippen molar-refractivity contribution >= 4 is 11.7 Å². The molecule has 1 N–H and O–H groups in total. The number of aromatic nitrogens is 2. The highest BCUT2D eigenvalue weighted by atomic mass is 16.6. The van der Waals surface area contributed by atoms with Crippen LogP contribution in [0.2, 0.25) is 0 Å². The van der Waals surface area contributed by atoms with Gasteiger partial charge in [0.25, 0.3) is 5.91 Å². The van der Waals surface area contributed by atoms with Gasteiger partial charge in [-0.1, -0.05) is 40.0 Å². The van der Waals surface area contributed by atoms with Crippen LogP contribution in [0, 0.1) is 0 Å². The normalized spacial score (nSPS) is 10.7. The van der Waals surface area contributed by atoms with Crippen LogP contribution in [0.1, 0.15) is 69.7 Å². The fourth-order valence-corrected chi connectivity index (χ4v) is 3.37. The van der Waals surface area contributed by atoms with Crippen LogP contribution in [0.3, 0.4) is 0 Å². The van der Waals surface area contributed by atoms with Crippen LogP contribution in [-0.2, 0) is 0 Å². The number of hydrogen-bond acceptors (Lipinski definition) is 7. The smallest absolute Gasteiger partial charge is 0.256 e. The molecule has 0 aliphatic rings. The van der Waals surface area contributed by atoms with E-state index in [0.29, 0.717) is 48.1 Å². The Labute approximate surface area is 206 Å². The zero-order valence-corrected chi connectivity index (χ0v) is 20.8. The van der Waals surface area contributed by atoms with E-state index in [1.165, 1.54) is 12.8 Å². The number of carbonyl (C=O) groups is 1. The first-order valence-corrected chi connectivity index (χ1v) is 12.4. The lowest BCUT2D eigenvalue weighted by Gasteiger charge is -2.13.